The van der Waals surface area contributed by atoms with E-state index in [9.17, 15) is 26.3 Å². The van der Waals surface area contributed by atoms with Crippen molar-refractivity contribution in [1.82, 2.24) is 0 Å². The second-order valence-corrected chi connectivity index (χ2v) is 8.87. The van der Waals surface area contributed by atoms with Gasteiger partial charge in [0.05, 0.1) is 0 Å². The Hall–Kier alpha value is -0.620. The number of hydrogen-bond acceptors (Lipinski definition) is 5. The van der Waals surface area contributed by atoms with Gasteiger partial charge < -0.3 is 14.2 Å². The molecular formula is C18H24F6O5. The highest BCUT2D eigenvalue weighted by Crippen LogP contribution is 2.61. The zero-order valence-corrected chi connectivity index (χ0v) is 16.2. The first-order valence-electron chi connectivity index (χ1n) is 9.77. The first-order chi connectivity index (χ1) is 13.3. The van der Waals surface area contributed by atoms with Crippen molar-refractivity contribution < 1.29 is 50.3 Å². The van der Waals surface area contributed by atoms with Crippen molar-refractivity contribution in [1.29, 1.82) is 0 Å². The van der Waals surface area contributed by atoms with E-state index in [1.165, 1.54) is 6.92 Å². The van der Waals surface area contributed by atoms with Crippen molar-refractivity contribution in [2.75, 3.05) is 0 Å². The summed E-state index contributed by atoms with van der Waals surface area (Å²) in [6.07, 6.45) is -15.6. The third kappa shape index (κ3) is 3.37. The molecule has 0 aromatic heterocycles. The van der Waals surface area contributed by atoms with Crippen LogP contribution in [0.5, 0.6) is 0 Å². The van der Waals surface area contributed by atoms with Gasteiger partial charge in [-0.1, -0.05) is 13.8 Å². The monoisotopic (exact) mass is 434 g/mol. The highest BCUT2D eigenvalue weighted by Gasteiger charge is 2.70. The lowest BCUT2D eigenvalue weighted by Gasteiger charge is -2.60. The van der Waals surface area contributed by atoms with E-state index in [0.29, 0.717) is 19.3 Å². The van der Waals surface area contributed by atoms with Gasteiger partial charge in [0.25, 0.3) is 6.10 Å². The van der Waals surface area contributed by atoms with Gasteiger partial charge in [0.15, 0.2) is 18.2 Å². The van der Waals surface area contributed by atoms with Crippen molar-refractivity contribution in [3.63, 3.8) is 0 Å². The van der Waals surface area contributed by atoms with Crippen LogP contribution < -0.4 is 0 Å². The summed E-state index contributed by atoms with van der Waals surface area (Å²) < 4.78 is 94.3. The first-order valence-corrected chi connectivity index (χ1v) is 9.77. The Morgan fingerprint density at radius 3 is 2.21 bits per heavy atom. The van der Waals surface area contributed by atoms with Gasteiger partial charge in [0, 0.05) is 18.3 Å². The number of hydrogen-bond donors (Lipinski definition) is 0. The molecule has 0 aromatic rings. The van der Waals surface area contributed by atoms with Crippen LogP contribution in [0.4, 0.5) is 26.3 Å². The maximum absolute atomic E-state index is 13.0. The van der Waals surface area contributed by atoms with Gasteiger partial charge >= 0.3 is 12.4 Å². The van der Waals surface area contributed by atoms with Crippen LogP contribution in [0.3, 0.4) is 0 Å². The summed E-state index contributed by atoms with van der Waals surface area (Å²) in [6.45, 7) is 5.19. The molecule has 4 saturated heterocycles. The van der Waals surface area contributed by atoms with Crippen LogP contribution in [-0.4, -0.2) is 42.4 Å². The molecule has 0 radical (unpaired) electrons. The van der Waals surface area contributed by atoms with Gasteiger partial charge in [-0.15, -0.1) is 0 Å². The van der Waals surface area contributed by atoms with Gasteiger partial charge in [0.1, 0.15) is 0 Å². The molecule has 8 atom stereocenters. The highest BCUT2D eigenvalue weighted by molar-refractivity contribution is 5.09. The number of rotatable bonds is 2. The predicted molar refractivity (Wildman–Crippen MR) is 83.8 cm³/mol. The molecule has 2 bridgehead atoms. The van der Waals surface area contributed by atoms with Crippen molar-refractivity contribution in [3.05, 3.63) is 0 Å². The smallest absolute Gasteiger partial charge is 0.331 e. The molecule has 5 fully saturated rings. The lowest BCUT2D eigenvalue weighted by atomic mass is 9.58. The second-order valence-electron chi connectivity index (χ2n) is 8.87. The fourth-order valence-corrected chi connectivity index (χ4v) is 5.50. The number of alkyl halides is 6. The van der Waals surface area contributed by atoms with Crippen LogP contribution in [0.1, 0.15) is 46.5 Å². The molecule has 5 rings (SSSR count). The molecule has 1 spiro atoms. The summed E-state index contributed by atoms with van der Waals surface area (Å²) in [5.74, 6) is -2.25. The molecule has 1 aliphatic carbocycles. The van der Waals surface area contributed by atoms with E-state index in [0.717, 1.165) is 6.42 Å². The molecule has 4 aliphatic heterocycles. The summed E-state index contributed by atoms with van der Waals surface area (Å²) in [5.41, 5.74) is -1.08. The summed E-state index contributed by atoms with van der Waals surface area (Å²) in [4.78, 5) is 11.3. The van der Waals surface area contributed by atoms with Gasteiger partial charge in [-0.2, -0.15) is 26.3 Å². The summed E-state index contributed by atoms with van der Waals surface area (Å²) in [5, 5.41) is 0. The standard InChI is InChI=1S/C18H24F6O5/c1-8-4-5-11-9(2)12(25-13(17(19,20)21)18(22,23)24)26-14-16(11)10(8)6-7-15(3,27-14)28-29-16/h8-14H,4-7H2,1-3H3/t8-,9-,10+,11+,12+,14-,15-,16-/m1/s1. The third-order valence-electron chi connectivity index (χ3n) is 6.96. The molecule has 29 heavy (non-hydrogen) atoms. The normalized spacial score (nSPS) is 47.8. The highest BCUT2D eigenvalue weighted by atomic mass is 19.4. The third-order valence-corrected chi connectivity index (χ3v) is 6.96. The van der Waals surface area contributed by atoms with E-state index in [4.69, 9.17) is 19.2 Å². The molecular weight excluding hydrogens is 410 g/mol. The first kappa shape index (κ1) is 21.6. The molecule has 0 unspecified atom stereocenters. The number of ether oxygens (including phenoxy) is 3. The summed E-state index contributed by atoms with van der Waals surface area (Å²) in [7, 11) is 0. The minimum atomic E-state index is -5.62. The summed E-state index contributed by atoms with van der Waals surface area (Å²) in [6, 6.07) is 0. The van der Waals surface area contributed by atoms with Crippen LogP contribution in [-0.2, 0) is 24.0 Å². The van der Waals surface area contributed by atoms with Gasteiger partial charge in [0.2, 0.25) is 5.79 Å². The van der Waals surface area contributed by atoms with Crippen molar-refractivity contribution in [3.8, 4) is 0 Å². The molecule has 0 amide bonds. The fourth-order valence-electron chi connectivity index (χ4n) is 5.50. The fraction of sp³-hybridized carbons (Fsp3) is 1.00. The quantitative estimate of drug-likeness (QED) is 0.466. The molecule has 1 saturated carbocycles. The Labute approximate surface area is 163 Å². The Morgan fingerprint density at radius 2 is 1.59 bits per heavy atom. The average Bonchev–Trinajstić information content (AvgIpc) is 2.81. The number of fused-ring (bicyclic) bond motifs is 2. The van der Waals surface area contributed by atoms with Crippen molar-refractivity contribution in [2.45, 2.75) is 88.9 Å². The van der Waals surface area contributed by atoms with Gasteiger partial charge in [-0.3, -0.25) is 0 Å². The lowest BCUT2D eigenvalue weighted by molar-refractivity contribution is -0.579. The largest absolute Gasteiger partial charge is 0.423 e. The predicted octanol–water partition coefficient (Wildman–Crippen LogP) is 4.70. The molecule has 5 nitrogen and oxygen atoms in total. The molecule has 168 valence electrons. The Morgan fingerprint density at radius 1 is 0.931 bits per heavy atom. The van der Waals surface area contributed by atoms with Crippen molar-refractivity contribution in [2.24, 2.45) is 23.7 Å². The van der Waals surface area contributed by atoms with Crippen LogP contribution in [0.2, 0.25) is 0 Å². The molecule has 11 heteroatoms. The van der Waals surface area contributed by atoms with Crippen molar-refractivity contribution >= 4 is 0 Å². The van der Waals surface area contributed by atoms with E-state index in [-0.39, 0.29) is 11.8 Å². The summed E-state index contributed by atoms with van der Waals surface area (Å²) >= 11 is 0. The van der Waals surface area contributed by atoms with E-state index in [2.05, 4.69) is 4.74 Å². The van der Waals surface area contributed by atoms with Crippen LogP contribution in [0.25, 0.3) is 0 Å². The van der Waals surface area contributed by atoms with Crippen LogP contribution in [0, 0.1) is 23.7 Å². The molecule has 0 aromatic carbocycles. The van der Waals surface area contributed by atoms with E-state index in [1.54, 1.807) is 6.92 Å². The maximum Gasteiger partial charge on any atom is 0.423 e. The topological polar surface area (TPSA) is 46.2 Å². The SMILES string of the molecule is C[C@H]1[C@@H](OC(C(F)(F)F)C(F)(F)F)O[C@@H]2O[C@@]3(C)CC[C@H]4[C@H](C)CC[C@@H]1[C@@]24OO3. The second kappa shape index (κ2) is 6.69. The zero-order chi connectivity index (χ0) is 21.4. The lowest BCUT2D eigenvalue weighted by Crippen LogP contribution is -2.71. The number of halogens is 6. The molecule has 0 N–H and O–H groups in total. The zero-order valence-electron chi connectivity index (χ0n) is 16.2. The Balaban J connectivity index is 1.67. The van der Waals surface area contributed by atoms with Crippen LogP contribution >= 0.6 is 0 Å². The Kier molecular flexibility index (Phi) is 4.98. The Bertz CT molecular complexity index is 627. The van der Waals surface area contributed by atoms with Gasteiger partial charge in [-0.25, -0.2) is 9.78 Å². The van der Waals surface area contributed by atoms with E-state index >= 15 is 0 Å². The maximum atomic E-state index is 13.0. The molecule has 5 aliphatic rings. The van der Waals surface area contributed by atoms with Gasteiger partial charge in [-0.05, 0) is 38.0 Å². The minimum absolute atomic E-state index is 0.0556. The van der Waals surface area contributed by atoms with Crippen LogP contribution in [0.15, 0.2) is 0 Å². The average molecular weight is 434 g/mol. The van der Waals surface area contributed by atoms with E-state index < -0.39 is 54.3 Å². The molecule has 4 heterocycles. The minimum Gasteiger partial charge on any atom is -0.331 e. The van der Waals surface area contributed by atoms with E-state index in [1.807, 2.05) is 6.92 Å².